The van der Waals surface area contributed by atoms with Crippen LogP contribution in [0.4, 0.5) is 24.7 Å². The number of nitrogens with one attached hydrogen (secondary N) is 1. The van der Waals surface area contributed by atoms with Crippen molar-refractivity contribution >= 4 is 23.1 Å². The number of aryl methyl sites for hydroxylation is 2. The van der Waals surface area contributed by atoms with Gasteiger partial charge in [-0.25, -0.2) is 23.1 Å². The number of carbonyl (C=O) groups is 1. The highest BCUT2D eigenvalue weighted by Gasteiger charge is 2.56. The van der Waals surface area contributed by atoms with Crippen molar-refractivity contribution in [1.29, 1.82) is 0 Å². The van der Waals surface area contributed by atoms with Gasteiger partial charge in [0, 0.05) is 19.5 Å². The minimum absolute atomic E-state index is 0.0722. The summed E-state index contributed by atoms with van der Waals surface area (Å²) in [6, 6.07) is 6.74. The summed E-state index contributed by atoms with van der Waals surface area (Å²) in [5.74, 6) is -0.296. The number of carbonyl (C=O) groups excluding carboxylic acids is 1. The Labute approximate surface area is 222 Å². The molecule has 0 bridgehead atoms. The van der Waals surface area contributed by atoms with Gasteiger partial charge in [-0.3, -0.25) is 4.79 Å². The smallest absolute Gasteiger partial charge is 0.293 e. The molecule has 0 radical (unpaired) electrons. The fourth-order valence-electron chi connectivity index (χ4n) is 4.87. The Morgan fingerprint density at radius 2 is 1.95 bits per heavy atom. The van der Waals surface area contributed by atoms with Crippen LogP contribution in [0.25, 0.3) is 16.8 Å². The van der Waals surface area contributed by atoms with Crippen molar-refractivity contribution in [2.24, 2.45) is 0 Å². The first-order valence-electron chi connectivity index (χ1n) is 12.9. The molecule has 0 atom stereocenters. The fourth-order valence-corrected chi connectivity index (χ4v) is 4.87. The number of rotatable bonds is 7. The number of hydrogen-bond acceptors (Lipinski definition) is 7. The molecule has 4 heterocycles. The van der Waals surface area contributed by atoms with Crippen LogP contribution in [0, 0.1) is 12.7 Å². The van der Waals surface area contributed by atoms with E-state index in [2.05, 4.69) is 25.3 Å². The highest BCUT2D eigenvalue weighted by Crippen LogP contribution is 2.52. The van der Waals surface area contributed by atoms with Crippen LogP contribution in [0.1, 0.15) is 47.6 Å². The number of ether oxygens (including phenoxy) is 1. The molecule has 1 amide bonds. The van der Waals surface area contributed by atoms with E-state index in [1.54, 1.807) is 13.0 Å². The predicted molar refractivity (Wildman–Crippen MR) is 137 cm³/mol. The Balaban J connectivity index is 1.35. The van der Waals surface area contributed by atoms with Gasteiger partial charge in [0.25, 0.3) is 12.3 Å². The first-order valence-corrected chi connectivity index (χ1v) is 12.9. The van der Waals surface area contributed by atoms with Crippen molar-refractivity contribution in [3.63, 3.8) is 0 Å². The van der Waals surface area contributed by atoms with Crippen LogP contribution in [0.2, 0.25) is 0 Å². The van der Waals surface area contributed by atoms with Gasteiger partial charge < -0.3 is 19.4 Å². The van der Waals surface area contributed by atoms with E-state index in [-0.39, 0.29) is 30.2 Å². The standard InChI is InChI=1S/C27H27F3N6O3/c1-3-21-33-22-11-16(12-23(36(22)34-21)35-6-8-38-9-7-35)17-13-19(18(28)10-15(17)2)32-24(37)20-14-31-26(39-20)27(4-5-27)25(29)30/h10-14,25H,3-9H2,1-2H3,(H,32,37). The van der Waals surface area contributed by atoms with Crippen LogP contribution in [0.3, 0.4) is 0 Å². The lowest BCUT2D eigenvalue weighted by Gasteiger charge is -2.29. The maximum absolute atomic E-state index is 15.0. The highest BCUT2D eigenvalue weighted by molar-refractivity contribution is 6.02. The molecule has 3 aromatic heterocycles. The van der Waals surface area contributed by atoms with Gasteiger partial charge in [0.2, 0.25) is 11.7 Å². The largest absolute Gasteiger partial charge is 0.435 e. The van der Waals surface area contributed by atoms with E-state index < -0.39 is 23.6 Å². The van der Waals surface area contributed by atoms with Crippen molar-refractivity contribution in [3.8, 4) is 11.1 Å². The number of pyridine rings is 1. The van der Waals surface area contributed by atoms with Crippen LogP contribution >= 0.6 is 0 Å². The first kappa shape index (κ1) is 25.4. The minimum atomic E-state index is -2.64. The monoisotopic (exact) mass is 540 g/mol. The third-order valence-corrected chi connectivity index (χ3v) is 7.35. The average Bonchev–Trinajstić information content (AvgIpc) is 3.40. The Kier molecular flexibility index (Phi) is 6.29. The molecule has 1 saturated heterocycles. The van der Waals surface area contributed by atoms with Crippen molar-refractivity contribution < 1.29 is 27.1 Å². The maximum atomic E-state index is 15.0. The highest BCUT2D eigenvalue weighted by atomic mass is 19.3. The van der Waals surface area contributed by atoms with Crippen LogP contribution < -0.4 is 10.2 Å². The van der Waals surface area contributed by atoms with E-state index in [0.29, 0.717) is 55.3 Å². The number of nitrogens with zero attached hydrogens (tertiary/aromatic N) is 5. The minimum Gasteiger partial charge on any atom is -0.435 e. The lowest BCUT2D eigenvalue weighted by molar-refractivity contribution is 0.0852. The molecule has 39 heavy (non-hydrogen) atoms. The zero-order valence-electron chi connectivity index (χ0n) is 21.5. The van der Waals surface area contributed by atoms with Gasteiger partial charge >= 0.3 is 0 Å². The summed E-state index contributed by atoms with van der Waals surface area (Å²) in [4.78, 5) is 23.6. The second-order valence-corrected chi connectivity index (χ2v) is 9.94. The van der Waals surface area contributed by atoms with E-state index >= 15 is 0 Å². The van der Waals surface area contributed by atoms with Gasteiger partial charge in [0.15, 0.2) is 11.5 Å². The lowest BCUT2D eigenvalue weighted by atomic mass is 9.99. The Morgan fingerprint density at radius 3 is 2.64 bits per heavy atom. The average molecular weight is 541 g/mol. The van der Waals surface area contributed by atoms with Gasteiger partial charge in [-0.2, -0.15) is 4.52 Å². The number of hydrogen-bond donors (Lipinski definition) is 1. The summed E-state index contributed by atoms with van der Waals surface area (Å²) in [6.07, 6.45) is -0.385. The number of anilines is 2. The SMILES string of the molecule is CCc1nc2cc(-c3cc(NC(=O)c4cnc(C5(C(F)F)CC5)o4)c(F)cc3C)cc(N3CCOCC3)n2n1. The van der Waals surface area contributed by atoms with Gasteiger partial charge in [-0.05, 0) is 60.7 Å². The number of morpholine rings is 1. The molecule has 1 N–H and O–H groups in total. The van der Waals surface area contributed by atoms with Gasteiger partial charge in [-0.15, -0.1) is 5.10 Å². The number of halogens is 3. The molecular formula is C27H27F3N6O3. The van der Waals surface area contributed by atoms with Gasteiger partial charge in [0.05, 0.1) is 25.1 Å². The summed E-state index contributed by atoms with van der Waals surface area (Å²) in [5.41, 5.74) is 1.28. The fraction of sp³-hybridized carbons (Fsp3) is 0.407. The Hall–Kier alpha value is -3.93. The maximum Gasteiger partial charge on any atom is 0.293 e. The van der Waals surface area contributed by atoms with E-state index in [4.69, 9.17) is 9.15 Å². The number of aromatic nitrogens is 4. The second kappa shape index (κ2) is 9.67. The number of amides is 1. The second-order valence-electron chi connectivity index (χ2n) is 9.94. The summed E-state index contributed by atoms with van der Waals surface area (Å²) in [6.45, 7) is 6.33. The third kappa shape index (κ3) is 4.52. The van der Waals surface area contributed by atoms with Crippen molar-refractivity contribution in [1.82, 2.24) is 19.6 Å². The molecular weight excluding hydrogens is 513 g/mol. The zero-order chi connectivity index (χ0) is 27.3. The van der Waals surface area contributed by atoms with E-state index in [1.807, 2.05) is 23.6 Å². The van der Waals surface area contributed by atoms with Crippen LogP contribution in [-0.4, -0.2) is 58.2 Å². The molecule has 2 aliphatic rings. The molecule has 1 aliphatic heterocycles. The van der Waals surface area contributed by atoms with Crippen LogP contribution in [0.5, 0.6) is 0 Å². The molecule has 1 aromatic carbocycles. The molecule has 2 fully saturated rings. The van der Waals surface area contributed by atoms with E-state index in [1.165, 1.54) is 6.07 Å². The van der Waals surface area contributed by atoms with Crippen molar-refractivity contribution in [2.75, 3.05) is 36.5 Å². The molecule has 1 saturated carbocycles. The lowest BCUT2D eigenvalue weighted by Crippen LogP contribution is -2.37. The molecule has 4 aromatic rings. The molecule has 0 unspecified atom stereocenters. The quantitative estimate of drug-likeness (QED) is 0.360. The molecule has 12 heteroatoms. The van der Waals surface area contributed by atoms with Crippen LogP contribution in [-0.2, 0) is 16.6 Å². The zero-order valence-corrected chi connectivity index (χ0v) is 21.5. The summed E-state index contributed by atoms with van der Waals surface area (Å²) in [7, 11) is 0. The number of fused-ring (bicyclic) bond motifs is 1. The molecule has 0 spiro atoms. The van der Waals surface area contributed by atoms with Gasteiger partial charge in [0.1, 0.15) is 17.1 Å². The van der Waals surface area contributed by atoms with Crippen molar-refractivity contribution in [3.05, 3.63) is 59.3 Å². The Morgan fingerprint density at radius 1 is 1.18 bits per heavy atom. The normalized spacial score (nSPS) is 16.7. The van der Waals surface area contributed by atoms with E-state index in [9.17, 15) is 18.0 Å². The molecule has 1 aliphatic carbocycles. The first-order chi connectivity index (χ1) is 18.8. The number of benzene rings is 1. The summed E-state index contributed by atoms with van der Waals surface area (Å²) >= 11 is 0. The topological polar surface area (TPSA) is 97.8 Å². The predicted octanol–water partition coefficient (Wildman–Crippen LogP) is 4.78. The summed E-state index contributed by atoms with van der Waals surface area (Å²) < 4.78 is 54.5. The number of alkyl halides is 2. The molecule has 204 valence electrons. The van der Waals surface area contributed by atoms with E-state index in [0.717, 1.165) is 17.6 Å². The van der Waals surface area contributed by atoms with Crippen LogP contribution in [0.15, 0.2) is 34.9 Å². The number of oxazole rings is 1. The molecule has 6 rings (SSSR count). The van der Waals surface area contributed by atoms with Crippen molar-refractivity contribution in [2.45, 2.75) is 45.0 Å². The summed E-state index contributed by atoms with van der Waals surface area (Å²) in [5, 5.41) is 7.16. The molecule has 9 nitrogen and oxygen atoms in total. The third-order valence-electron chi connectivity index (χ3n) is 7.35. The Bertz CT molecular complexity index is 1560. The van der Waals surface area contributed by atoms with Gasteiger partial charge in [-0.1, -0.05) is 6.92 Å².